The molecule has 1 heterocycles. The van der Waals surface area contributed by atoms with Crippen molar-refractivity contribution in [2.24, 2.45) is 0 Å². The summed E-state index contributed by atoms with van der Waals surface area (Å²) in [5.41, 5.74) is 6.12. The van der Waals surface area contributed by atoms with Crippen LogP contribution in [0.25, 0.3) is 0 Å². The maximum atomic E-state index is 13.0. The van der Waals surface area contributed by atoms with E-state index in [1.807, 2.05) is 0 Å². The van der Waals surface area contributed by atoms with Crippen LogP contribution in [0.4, 0.5) is 20.5 Å². The minimum atomic E-state index is -0.885. The first-order chi connectivity index (χ1) is 8.54. The van der Waals surface area contributed by atoms with Gasteiger partial charge < -0.3 is 11.1 Å². The Hall–Kier alpha value is -1.76. The highest BCUT2D eigenvalue weighted by Crippen LogP contribution is 2.14. The first-order valence-electron chi connectivity index (χ1n) is 5.02. The van der Waals surface area contributed by atoms with Crippen molar-refractivity contribution in [2.45, 2.75) is 6.54 Å². The molecule has 0 saturated carbocycles. The van der Waals surface area contributed by atoms with E-state index in [1.165, 1.54) is 6.07 Å². The van der Waals surface area contributed by atoms with Crippen LogP contribution in [0.1, 0.15) is 5.56 Å². The van der Waals surface area contributed by atoms with Gasteiger partial charge in [0.05, 0.1) is 0 Å². The van der Waals surface area contributed by atoms with E-state index in [9.17, 15) is 8.78 Å². The highest BCUT2D eigenvalue weighted by Gasteiger charge is 2.04. The van der Waals surface area contributed by atoms with Crippen molar-refractivity contribution in [1.29, 1.82) is 0 Å². The number of nitrogens with one attached hydrogen (secondary N) is 1. The topological polar surface area (TPSA) is 63.8 Å². The zero-order chi connectivity index (χ0) is 13.1. The van der Waals surface area contributed by atoms with E-state index in [2.05, 4.69) is 31.2 Å². The van der Waals surface area contributed by atoms with Gasteiger partial charge in [-0.2, -0.15) is 4.98 Å². The minimum absolute atomic E-state index is 0.271. The Labute approximate surface area is 110 Å². The molecule has 0 radical (unpaired) electrons. The average molecular weight is 315 g/mol. The molecular weight excluding hydrogens is 306 g/mol. The van der Waals surface area contributed by atoms with Crippen LogP contribution in [0.5, 0.6) is 0 Å². The summed E-state index contributed by atoms with van der Waals surface area (Å²) in [6, 6.07) is 5.22. The molecule has 3 N–H and O–H groups in total. The third-order valence-corrected chi connectivity index (χ3v) is 2.56. The van der Waals surface area contributed by atoms with Gasteiger partial charge in [-0.05, 0) is 33.6 Å². The second kappa shape index (κ2) is 5.26. The summed E-state index contributed by atoms with van der Waals surface area (Å²) in [7, 11) is 0. The third-order valence-electron chi connectivity index (χ3n) is 2.15. The Morgan fingerprint density at radius 2 is 1.94 bits per heavy atom. The number of hydrogen-bond acceptors (Lipinski definition) is 4. The molecule has 2 aromatic rings. The number of nitrogens with two attached hydrogens (primary N) is 1. The predicted octanol–water partition coefficient (Wildman–Crippen LogP) is 2.71. The Bertz CT molecular complexity index is 557. The molecule has 0 spiro atoms. The van der Waals surface area contributed by atoms with Crippen LogP contribution in [0.3, 0.4) is 0 Å². The SMILES string of the molecule is Nc1cc(Br)nc(NCc2ccc(F)c(F)c2)n1. The Balaban J connectivity index is 2.08. The predicted molar refractivity (Wildman–Crippen MR) is 67.8 cm³/mol. The van der Waals surface area contributed by atoms with Gasteiger partial charge in [0.1, 0.15) is 10.4 Å². The molecule has 0 saturated heterocycles. The lowest BCUT2D eigenvalue weighted by Crippen LogP contribution is -2.06. The molecule has 2 rings (SSSR count). The van der Waals surface area contributed by atoms with Gasteiger partial charge in [0.2, 0.25) is 5.95 Å². The van der Waals surface area contributed by atoms with Crippen molar-refractivity contribution >= 4 is 27.7 Å². The largest absolute Gasteiger partial charge is 0.383 e. The summed E-state index contributed by atoms with van der Waals surface area (Å²) >= 11 is 3.18. The molecule has 0 aliphatic carbocycles. The summed E-state index contributed by atoms with van der Waals surface area (Å²) in [6.45, 7) is 0.271. The summed E-state index contributed by atoms with van der Waals surface area (Å²) < 4.78 is 26.2. The molecule has 0 atom stereocenters. The lowest BCUT2D eigenvalue weighted by atomic mass is 10.2. The van der Waals surface area contributed by atoms with E-state index >= 15 is 0 Å². The van der Waals surface area contributed by atoms with Gasteiger partial charge >= 0.3 is 0 Å². The molecule has 18 heavy (non-hydrogen) atoms. The molecule has 0 bridgehead atoms. The molecule has 0 unspecified atom stereocenters. The van der Waals surface area contributed by atoms with E-state index < -0.39 is 11.6 Å². The second-order valence-electron chi connectivity index (χ2n) is 3.54. The third kappa shape index (κ3) is 3.13. The van der Waals surface area contributed by atoms with E-state index in [4.69, 9.17) is 5.73 Å². The van der Waals surface area contributed by atoms with Crippen molar-refractivity contribution < 1.29 is 8.78 Å². The van der Waals surface area contributed by atoms with Crippen LogP contribution >= 0.6 is 15.9 Å². The summed E-state index contributed by atoms with van der Waals surface area (Å²) in [6.07, 6.45) is 0. The molecular formula is C11H9BrF2N4. The monoisotopic (exact) mass is 314 g/mol. The fourth-order valence-electron chi connectivity index (χ4n) is 1.34. The fourth-order valence-corrected chi connectivity index (χ4v) is 1.75. The smallest absolute Gasteiger partial charge is 0.225 e. The van der Waals surface area contributed by atoms with Gasteiger partial charge in [-0.25, -0.2) is 13.8 Å². The van der Waals surface area contributed by atoms with Crippen molar-refractivity contribution in [3.63, 3.8) is 0 Å². The second-order valence-corrected chi connectivity index (χ2v) is 4.35. The number of benzene rings is 1. The lowest BCUT2D eigenvalue weighted by Gasteiger charge is -2.06. The van der Waals surface area contributed by atoms with Crippen molar-refractivity contribution in [3.8, 4) is 0 Å². The van der Waals surface area contributed by atoms with Crippen molar-refractivity contribution in [2.75, 3.05) is 11.1 Å². The van der Waals surface area contributed by atoms with Gasteiger partial charge in [-0.15, -0.1) is 0 Å². The van der Waals surface area contributed by atoms with Crippen LogP contribution in [-0.2, 0) is 6.54 Å². The van der Waals surface area contributed by atoms with Gasteiger partial charge in [-0.1, -0.05) is 6.07 Å². The van der Waals surface area contributed by atoms with E-state index in [0.29, 0.717) is 21.9 Å². The normalized spacial score (nSPS) is 10.4. The molecule has 0 amide bonds. The quantitative estimate of drug-likeness (QED) is 0.855. The minimum Gasteiger partial charge on any atom is -0.383 e. The number of anilines is 2. The molecule has 1 aromatic carbocycles. The number of rotatable bonds is 3. The first-order valence-corrected chi connectivity index (χ1v) is 5.82. The van der Waals surface area contributed by atoms with Crippen LogP contribution in [0.15, 0.2) is 28.9 Å². The number of halogens is 3. The number of hydrogen-bond donors (Lipinski definition) is 2. The maximum absolute atomic E-state index is 13.0. The van der Waals surface area contributed by atoms with Crippen LogP contribution in [-0.4, -0.2) is 9.97 Å². The Kier molecular flexibility index (Phi) is 3.71. The molecule has 1 aromatic heterocycles. The standard InChI is InChI=1S/C11H9BrF2N4/c12-9-4-10(15)18-11(17-9)16-5-6-1-2-7(13)8(14)3-6/h1-4H,5H2,(H3,15,16,17,18). The maximum Gasteiger partial charge on any atom is 0.225 e. The average Bonchev–Trinajstić information content (AvgIpc) is 2.29. The van der Waals surface area contributed by atoms with Crippen molar-refractivity contribution in [1.82, 2.24) is 9.97 Å². The molecule has 0 aliphatic heterocycles. The van der Waals surface area contributed by atoms with E-state index in [0.717, 1.165) is 12.1 Å². The van der Waals surface area contributed by atoms with Gasteiger partial charge in [0.15, 0.2) is 11.6 Å². The van der Waals surface area contributed by atoms with Gasteiger partial charge in [0, 0.05) is 12.6 Å². The Morgan fingerprint density at radius 3 is 2.61 bits per heavy atom. The van der Waals surface area contributed by atoms with Crippen LogP contribution < -0.4 is 11.1 Å². The number of nitrogens with zero attached hydrogens (tertiary/aromatic N) is 2. The van der Waals surface area contributed by atoms with Crippen LogP contribution in [0.2, 0.25) is 0 Å². The molecule has 0 aliphatic rings. The molecule has 4 nitrogen and oxygen atoms in total. The first kappa shape index (κ1) is 12.7. The zero-order valence-corrected chi connectivity index (χ0v) is 10.7. The van der Waals surface area contributed by atoms with Gasteiger partial charge in [-0.3, -0.25) is 0 Å². The van der Waals surface area contributed by atoms with E-state index in [-0.39, 0.29) is 6.54 Å². The number of aromatic nitrogens is 2. The van der Waals surface area contributed by atoms with Crippen molar-refractivity contribution in [3.05, 3.63) is 46.1 Å². The number of nitrogen functional groups attached to an aromatic ring is 1. The molecule has 7 heteroatoms. The molecule has 94 valence electrons. The lowest BCUT2D eigenvalue weighted by molar-refractivity contribution is 0.507. The summed E-state index contributed by atoms with van der Waals surface area (Å²) in [5.74, 6) is -1.14. The summed E-state index contributed by atoms with van der Waals surface area (Å²) in [4.78, 5) is 7.98. The zero-order valence-electron chi connectivity index (χ0n) is 9.12. The summed E-state index contributed by atoms with van der Waals surface area (Å²) in [5, 5.41) is 2.87. The highest BCUT2D eigenvalue weighted by atomic mass is 79.9. The highest BCUT2D eigenvalue weighted by molar-refractivity contribution is 9.10. The Morgan fingerprint density at radius 1 is 1.17 bits per heavy atom. The van der Waals surface area contributed by atoms with Gasteiger partial charge in [0.25, 0.3) is 0 Å². The fraction of sp³-hybridized carbons (Fsp3) is 0.0909. The molecule has 0 fully saturated rings. The van der Waals surface area contributed by atoms with Crippen LogP contribution in [0, 0.1) is 11.6 Å². The van der Waals surface area contributed by atoms with E-state index in [1.54, 1.807) is 6.07 Å².